The number of aromatic amines is 1. The van der Waals surface area contributed by atoms with E-state index in [-0.39, 0.29) is 47.0 Å². The summed E-state index contributed by atoms with van der Waals surface area (Å²) in [6.07, 6.45) is 4.14. The molecule has 0 spiro atoms. The molecule has 6 unspecified atom stereocenters. The Labute approximate surface area is 248 Å². The number of benzene rings is 2. The molecule has 2 aromatic heterocycles. The lowest BCUT2D eigenvalue weighted by Crippen LogP contribution is -2.99. The third-order valence-electron chi connectivity index (χ3n) is 10.3. The Morgan fingerprint density at radius 1 is 1.16 bits per heavy atom. The Morgan fingerprint density at radius 2 is 2.05 bits per heavy atom. The van der Waals surface area contributed by atoms with Crippen molar-refractivity contribution in [3.05, 3.63) is 92.7 Å². The molecular weight excluding hydrogens is 546 g/mol. The van der Waals surface area contributed by atoms with Crippen molar-refractivity contribution in [2.75, 3.05) is 18.6 Å². The number of carbonyl (C=O) groups excluding carboxylic acids is 1. The summed E-state index contributed by atoms with van der Waals surface area (Å²) in [6.45, 7) is 1.27. The topological polar surface area (TPSA) is 127 Å². The zero-order valence-corrected chi connectivity index (χ0v) is 24.0. The maximum atomic E-state index is 14.4. The second kappa shape index (κ2) is 9.97. The fourth-order valence-electron chi connectivity index (χ4n) is 8.48. The van der Waals surface area contributed by atoms with Gasteiger partial charge in [0.05, 0.1) is 19.1 Å². The maximum absolute atomic E-state index is 14.4. The van der Waals surface area contributed by atoms with Crippen molar-refractivity contribution in [1.29, 1.82) is 0 Å². The van der Waals surface area contributed by atoms with E-state index in [9.17, 15) is 20.0 Å². The minimum absolute atomic E-state index is 0.00846. The minimum Gasteiger partial charge on any atom is -0.595 e. The van der Waals surface area contributed by atoms with Crippen LogP contribution in [0.15, 0.2) is 59.4 Å². The quantitative estimate of drug-likeness (QED) is 0.275. The third-order valence-corrected chi connectivity index (χ3v) is 10.3. The van der Waals surface area contributed by atoms with Crippen molar-refractivity contribution < 1.29 is 20.0 Å². The molecule has 3 aliphatic heterocycles. The van der Waals surface area contributed by atoms with Crippen LogP contribution < -0.4 is 25.7 Å². The molecule has 5 heterocycles. The number of hydrogen-bond acceptors (Lipinski definition) is 6. The summed E-state index contributed by atoms with van der Waals surface area (Å²) < 4.78 is 7.37. The lowest BCUT2D eigenvalue weighted by Gasteiger charge is -2.54. The maximum Gasteiger partial charge on any atom is 0.250 e. The van der Waals surface area contributed by atoms with E-state index in [2.05, 4.69) is 21.3 Å². The van der Waals surface area contributed by atoms with Crippen LogP contribution >= 0.6 is 0 Å². The van der Waals surface area contributed by atoms with Gasteiger partial charge in [-0.15, -0.1) is 0 Å². The van der Waals surface area contributed by atoms with Crippen LogP contribution in [0.1, 0.15) is 53.7 Å². The number of nitrogens with one attached hydrogen (secondary N) is 3. The molecule has 0 saturated carbocycles. The summed E-state index contributed by atoms with van der Waals surface area (Å²) in [5, 5.41) is 25.2. The van der Waals surface area contributed by atoms with E-state index in [0.717, 1.165) is 65.0 Å². The van der Waals surface area contributed by atoms with E-state index in [1.807, 2.05) is 34.9 Å². The average molecular weight is 582 g/mol. The largest absolute Gasteiger partial charge is 0.595 e. The van der Waals surface area contributed by atoms with E-state index in [1.54, 1.807) is 25.3 Å². The highest BCUT2D eigenvalue weighted by atomic mass is 16.8. The Bertz CT molecular complexity index is 1810. The zero-order chi connectivity index (χ0) is 29.4. The highest BCUT2D eigenvalue weighted by Gasteiger charge is 2.49. The number of H-pyrrole nitrogens is 1. The molecule has 6 atom stereocenters. The molecule has 2 bridgehead atoms. The van der Waals surface area contributed by atoms with Gasteiger partial charge in [-0.25, -0.2) is 5.21 Å². The SMILES string of the molecule is COc1ccc2[nH]c3c(c2c1)CCCC3NC(=O)C1Cc2cc([NH+]([O-])O)ccc2N2CC3CC(Cn4c3cccc4=O)C12. The number of hydrogen-bond donors (Lipinski definition) is 4. The zero-order valence-electron chi connectivity index (χ0n) is 24.0. The van der Waals surface area contributed by atoms with E-state index in [1.165, 1.54) is 5.56 Å². The number of piperidine rings is 1. The van der Waals surface area contributed by atoms with Gasteiger partial charge in [-0.2, -0.15) is 5.23 Å². The summed E-state index contributed by atoms with van der Waals surface area (Å²) in [5.74, 6) is 0.711. The van der Waals surface area contributed by atoms with Gasteiger partial charge in [-0.3, -0.25) is 9.59 Å². The molecule has 1 amide bonds. The van der Waals surface area contributed by atoms with Gasteiger partial charge in [-0.05, 0) is 79.5 Å². The minimum atomic E-state index is -0.972. The number of pyridine rings is 1. The third kappa shape index (κ3) is 4.19. The van der Waals surface area contributed by atoms with Gasteiger partial charge in [0.25, 0.3) is 5.56 Å². The van der Waals surface area contributed by atoms with E-state index < -0.39 is 5.23 Å². The lowest BCUT2D eigenvalue weighted by molar-refractivity contribution is -0.991. The smallest absolute Gasteiger partial charge is 0.250 e. The van der Waals surface area contributed by atoms with Crippen molar-refractivity contribution in [2.45, 2.75) is 56.7 Å². The molecule has 0 radical (unpaired) electrons. The molecule has 43 heavy (non-hydrogen) atoms. The first-order valence-electron chi connectivity index (χ1n) is 15.2. The molecule has 4 N–H and O–H groups in total. The van der Waals surface area contributed by atoms with Gasteiger partial charge >= 0.3 is 0 Å². The Balaban J connectivity index is 1.16. The molecule has 1 aliphatic carbocycles. The number of methoxy groups -OCH3 is 1. The normalized spacial score (nSPS) is 26.1. The first-order chi connectivity index (χ1) is 20.9. The van der Waals surface area contributed by atoms with Crippen LogP contribution in [0.5, 0.6) is 5.75 Å². The fraction of sp³-hybridized carbons (Fsp3) is 0.394. The van der Waals surface area contributed by atoms with Crippen LogP contribution in [-0.4, -0.2) is 40.4 Å². The van der Waals surface area contributed by atoms with E-state index in [0.29, 0.717) is 19.5 Å². The van der Waals surface area contributed by atoms with Gasteiger partial charge in [0.15, 0.2) is 5.69 Å². The van der Waals surface area contributed by atoms with Gasteiger partial charge in [0, 0.05) is 71.2 Å². The van der Waals surface area contributed by atoms with Gasteiger partial charge in [0.1, 0.15) is 5.75 Å². The summed E-state index contributed by atoms with van der Waals surface area (Å²) in [6, 6.07) is 16.6. The molecule has 10 heteroatoms. The number of carbonyl (C=O) groups is 1. The number of fused-ring (bicyclic) bond motifs is 11. The highest BCUT2D eigenvalue weighted by Crippen LogP contribution is 2.48. The second-order valence-corrected chi connectivity index (χ2v) is 12.6. The molecule has 2 aromatic carbocycles. The van der Waals surface area contributed by atoms with Crippen molar-refractivity contribution in [2.24, 2.45) is 11.8 Å². The first kappa shape index (κ1) is 26.5. The summed E-state index contributed by atoms with van der Waals surface area (Å²) in [4.78, 5) is 33.2. The lowest BCUT2D eigenvalue weighted by atomic mass is 9.70. The van der Waals surface area contributed by atoms with Crippen LogP contribution in [0.25, 0.3) is 10.9 Å². The van der Waals surface area contributed by atoms with Crippen molar-refractivity contribution >= 4 is 28.2 Å². The van der Waals surface area contributed by atoms with Gasteiger partial charge in [0.2, 0.25) is 5.91 Å². The Hall–Kier alpha value is -4.12. The van der Waals surface area contributed by atoms with E-state index in [4.69, 9.17) is 4.74 Å². The van der Waals surface area contributed by atoms with Crippen LogP contribution in [0.4, 0.5) is 11.4 Å². The average Bonchev–Trinajstić information content (AvgIpc) is 3.39. The number of quaternary nitrogens is 1. The summed E-state index contributed by atoms with van der Waals surface area (Å²) >= 11 is 0. The fourth-order valence-corrected chi connectivity index (χ4v) is 8.48. The number of aromatic nitrogens is 2. The monoisotopic (exact) mass is 581 g/mol. The molecule has 1 saturated heterocycles. The number of aryl methyl sites for hydroxylation is 1. The number of anilines is 1. The molecule has 222 valence electrons. The molecule has 4 aromatic rings. The number of nitrogens with zero attached hydrogens (tertiary/aromatic N) is 2. The number of rotatable bonds is 4. The first-order valence-corrected chi connectivity index (χ1v) is 15.2. The van der Waals surface area contributed by atoms with Crippen LogP contribution in [0.3, 0.4) is 0 Å². The Morgan fingerprint density at radius 3 is 2.88 bits per heavy atom. The molecule has 1 fully saturated rings. The predicted octanol–water partition coefficient (Wildman–Crippen LogP) is 3.10. The second-order valence-electron chi connectivity index (χ2n) is 12.6. The standard InChI is InChI=1S/C33H35N5O5/c1-43-22-9-10-26-24(15-22)23-4-2-5-27(31(23)34-26)35-33(40)25-14-18-13-21(38(41)42)8-11-29(18)37-16-19-12-20(32(25)37)17-36-28(19)6-3-7-30(36)39/h3,6-11,13,15,19-20,25,27,32,34,38,41H,2,4-5,12,14,16-17H2,1H3,(H,35,40). The van der Waals surface area contributed by atoms with Crippen molar-refractivity contribution in [1.82, 2.24) is 14.9 Å². The van der Waals surface area contributed by atoms with Crippen LogP contribution in [0.2, 0.25) is 0 Å². The summed E-state index contributed by atoms with van der Waals surface area (Å²) in [7, 11) is 1.67. The van der Waals surface area contributed by atoms with E-state index >= 15 is 0 Å². The Kier molecular flexibility index (Phi) is 6.15. The predicted molar refractivity (Wildman–Crippen MR) is 161 cm³/mol. The van der Waals surface area contributed by atoms with Crippen LogP contribution in [0, 0.1) is 17.0 Å². The molecule has 8 rings (SSSR count). The number of ether oxygens (including phenoxy) is 1. The number of amides is 1. The van der Waals surface area contributed by atoms with Gasteiger partial charge < -0.3 is 29.7 Å². The molecule has 10 nitrogen and oxygen atoms in total. The van der Waals surface area contributed by atoms with Crippen LogP contribution in [-0.2, 0) is 24.2 Å². The molecule has 4 aliphatic rings. The highest BCUT2D eigenvalue weighted by molar-refractivity contribution is 5.87. The van der Waals surface area contributed by atoms with Crippen molar-refractivity contribution in [3.8, 4) is 5.75 Å². The molecular formula is C33H35N5O5. The summed E-state index contributed by atoms with van der Waals surface area (Å²) in [5.41, 5.74) is 6.51. The van der Waals surface area contributed by atoms with Gasteiger partial charge in [-0.1, -0.05) is 6.07 Å². The van der Waals surface area contributed by atoms with Crippen molar-refractivity contribution in [3.63, 3.8) is 0 Å².